The van der Waals surface area contributed by atoms with E-state index in [-0.39, 0.29) is 11.7 Å². The lowest BCUT2D eigenvalue weighted by Gasteiger charge is -2.27. The van der Waals surface area contributed by atoms with Gasteiger partial charge in [-0.3, -0.25) is 0 Å². The second-order valence-electron chi connectivity index (χ2n) is 5.44. The van der Waals surface area contributed by atoms with E-state index in [1.54, 1.807) is 0 Å². The SMILES string of the molecule is CC1CCCC(n2nnc(C(=O)O)c2-c2cccs2)C1. The van der Waals surface area contributed by atoms with Crippen LogP contribution in [0.2, 0.25) is 0 Å². The lowest BCUT2D eigenvalue weighted by molar-refractivity contribution is 0.0691. The van der Waals surface area contributed by atoms with Crippen molar-refractivity contribution in [2.75, 3.05) is 0 Å². The fourth-order valence-electron chi connectivity index (χ4n) is 2.96. The van der Waals surface area contributed by atoms with Gasteiger partial charge in [-0.1, -0.05) is 31.0 Å². The molecule has 5 nitrogen and oxygen atoms in total. The molecule has 0 aromatic carbocycles. The Morgan fingerprint density at radius 2 is 2.35 bits per heavy atom. The van der Waals surface area contributed by atoms with Crippen molar-refractivity contribution in [3.05, 3.63) is 23.2 Å². The summed E-state index contributed by atoms with van der Waals surface area (Å²) >= 11 is 1.53. The predicted octanol–water partition coefficient (Wildman–Crippen LogP) is 3.46. The molecule has 106 valence electrons. The third kappa shape index (κ3) is 2.35. The minimum atomic E-state index is -1.01. The van der Waals surface area contributed by atoms with Crippen LogP contribution < -0.4 is 0 Å². The first-order valence-corrected chi connectivity index (χ1v) is 7.77. The summed E-state index contributed by atoms with van der Waals surface area (Å²) in [7, 11) is 0. The van der Waals surface area contributed by atoms with Gasteiger partial charge in [0.05, 0.1) is 10.9 Å². The van der Waals surface area contributed by atoms with E-state index >= 15 is 0 Å². The lowest BCUT2D eigenvalue weighted by atomic mass is 9.87. The van der Waals surface area contributed by atoms with Gasteiger partial charge >= 0.3 is 5.97 Å². The van der Waals surface area contributed by atoms with Crippen molar-refractivity contribution in [2.45, 2.75) is 38.6 Å². The number of hydrogen-bond donors (Lipinski definition) is 1. The largest absolute Gasteiger partial charge is 0.476 e. The number of rotatable bonds is 3. The quantitative estimate of drug-likeness (QED) is 0.940. The maximum absolute atomic E-state index is 11.4. The van der Waals surface area contributed by atoms with E-state index in [1.165, 1.54) is 17.8 Å². The van der Waals surface area contributed by atoms with E-state index in [2.05, 4.69) is 17.2 Å². The highest BCUT2D eigenvalue weighted by Crippen LogP contribution is 2.36. The number of nitrogens with zero attached hydrogens (tertiary/aromatic N) is 3. The molecule has 0 aliphatic heterocycles. The molecule has 0 bridgehead atoms. The Bertz CT molecular complexity index is 606. The lowest BCUT2D eigenvalue weighted by Crippen LogP contribution is -2.19. The molecular formula is C14H17N3O2S. The molecule has 2 aromatic rings. The monoisotopic (exact) mass is 291 g/mol. The molecule has 0 amide bonds. The van der Waals surface area contributed by atoms with Crippen molar-refractivity contribution in [3.8, 4) is 10.6 Å². The highest BCUT2D eigenvalue weighted by Gasteiger charge is 2.28. The topological polar surface area (TPSA) is 68.0 Å². The Morgan fingerprint density at radius 1 is 1.50 bits per heavy atom. The first kappa shape index (κ1) is 13.3. The fraction of sp³-hybridized carbons (Fsp3) is 0.500. The molecule has 1 aliphatic carbocycles. The summed E-state index contributed by atoms with van der Waals surface area (Å²) in [4.78, 5) is 12.3. The summed E-state index contributed by atoms with van der Waals surface area (Å²) in [5.41, 5.74) is 0.720. The summed E-state index contributed by atoms with van der Waals surface area (Å²) in [6.07, 6.45) is 4.50. The van der Waals surface area contributed by atoms with E-state index in [1.807, 2.05) is 22.2 Å². The van der Waals surface area contributed by atoms with Crippen LogP contribution in [0.3, 0.4) is 0 Å². The first-order valence-electron chi connectivity index (χ1n) is 6.89. The third-order valence-corrected chi connectivity index (χ3v) is 4.78. The van der Waals surface area contributed by atoms with Crippen LogP contribution in [-0.4, -0.2) is 26.1 Å². The van der Waals surface area contributed by atoms with Crippen LogP contribution in [0.4, 0.5) is 0 Å². The van der Waals surface area contributed by atoms with Gasteiger partial charge in [0.25, 0.3) is 0 Å². The molecule has 2 aromatic heterocycles. The summed E-state index contributed by atoms with van der Waals surface area (Å²) in [6.45, 7) is 2.24. The second kappa shape index (κ2) is 5.36. The second-order valence-corrected chi connectivity index (χ2v) is 6.39. The highest BCUT2D eigenvalue weighted by molar-refractivity contribution is 7.13. The zero-order chi connectivity index (χ0) is 14.1. The number of carboxylic acids is 1. The molecule has 2 heterocycles. The zero-order valence-electron chi connectivity index (χ0n) is 11.3. The molecule has 1 N–H and O–H groups in total. The molecular weight excluding hydrogens is 274 g/mol. The molecule has 1 fully saturated rings. The van der Waals surface area contributed by atoms with Crippen LogP contribution in [0, 0.1) is 5.92 Å². The Morgan fingerprint density at radius 3 is 3.00 bits per heavy atom. The maximum atomic E-state index is 11.4. The standard InChI is InChI=1S/C14H17N3O2S/c1-9-4-2-5-10(8-9)17-13(11-6-3-7-20-11)12(14(18)19)15-16-17/h3,6-7,9-10H,2,4-5,8H2,1H3,(H,18,19). The number of carbonyl (C=O) groups is 1. The number of thiophene rings is 1. The van der Waals surface area contributed by atoms with E-state index in [9.17, 15) is 9.90 Å². The molecule has 0 saturated heterocycles. The predicted molar refractivity (Wildman–Crippen MR) is 77.0 cm³/mol. The van der Waals surface area contributed by atoms with Crippen LogP contribution in [0.15, 0.2) is 17.5 Å². The molecule has 2 unspecified atom stereocenters. The number of carboxylic acid groups (broad SMARTS) is 1. The molecule has 2 atom stereocenters. The molecule has 6 heteroatoms. The van der Waals surface area contributed by atoms with Crippen molar-refractivity contribution in [2.24, 2.45) is 5.92 Å². The average molecular weight is 291 g/mol. The van der Waals surface area contributed by atoms with Crippen molar-refractivity contribution in [1.82, 2.24) is 15.0 Å². The van der Waals surface area contributed by atoms with E-state index in [0.717, 1.165) is 24.1 Å². The molecule has 20 heavy (non-hydrogen) atoms. The number of aromatic carboxylic acids is 1. The molecule has 3 rings (SSSR count). The van der Waals surface area contributed by atoms with Gasteiger partial charge in [0, 0.05) is 0 Å². The average Bonchev–Trinajstić information content (AvgIpc) is 3.07. The van der Waals surface area contributed by atoms with Crippen LogP contribution >= 0.6 is 11.3 Å². The molecule has 1 aliphatic rings. The Kier molecular flexibility index (Phi) is 3.56. The Balaban J connectivity index is 2.05. The van der Waals surface area contributed by atoms with Gasteiger partial charge in [0.15, 0.2) is 5.69 Å². The van der Waals surface area contributed by atoms with Gasteiger partial charge in [-0.05, 0) is 30.2 Å². The van der Waals surface area contributed by atoms with Crippen molar-refractivity contribution in [1.29, 1.82) is 0 Å². The summed E-state index contributed by atoms with van der Waals surface area (Å²) in [5.74, 6) is -0.356. The van der Waals surface area contributed by atoms with Crippen molar-refractivity contribution < 1.29 is 9.90 Å². The maximum Gasteiger partial charge on any atom is 0.358 e. The third-order valence-electron chi connectivity index (χ3n) is 3.91. The van der Waals surface area contributed by atoms with E-state index in [4.69, 9.17) is 0 Å². The van der Waals surface area contributed by atoms with Gasteiger partial charge in [-0.15, -0.1) is 16.4 Å². The summed E-state index contributed by atoms with van der Waals surface area (Å²) in [5, 5.41) is 19.3. The van der Waals surface area contributed by atoms with Gasteiger partial charge in [-0.25, -0.2) is 9.48 Å². The molecule has 1 saturated carbocycles. The van der Waals surface area contributed by atoms with Crippen molar-refractivity contribution in [3.63, 3.8) is 0 Å². The van der Waals surface area contributed by atoms with E-state index in [0.29, 0.717) is 11.6 Å². The van der Waals surface area contributed by atoms with Gasteiger partial charge in [0.1, 0.15) is 5.69 Å². The van der Waals surface area contributed by atoms with Crippen LogP contribution in [-0.2, 0) is 0 Å². The zero-order valence-corrected chi connectivity index (χ0v) is 12.1. The fourth-order valence-corrected chi connectivity index (χ4v) is 3.72. The molecule has 0 radical (unpaired) electrons. The van der Waals surface area contributed by atoms with Crippen molar-refractivity contribution >= 4 is 17.3 Å². The summed E-state index contributed by atoms with van der Waals surface area (Å²) in [6, 6.07) is 4.11. The first-order chi connectivity index (χ1) is 9.66. The molecule has 0 spiro atoms. The summed E-state index contributed by atoms with van der Waals surface area (Å²) < 4.78 is 1.84. The van der Waals surface area contributed by atoms with Crippen LogP contribution in [0.1, 0.15) is 49.1 Å². The minimum Gasteiger partial charge on any atom is -0.476 e. The number of aromatic nitrogens is 3. The van der Waals surface area contributed by atoms with Crippen LogP contribution in [0.25, 0.3) is 10.6 Å². The normalized spacial score (nSPS) is 22.9. The Labute approximate surface area is 121 Å². The smallest absolute Gasteiger partial charge is 0.358 e. The highest BCUT2D eigenvalue weighted by atomic mass is 32.1. The van der Waals surface area contributed by atoms with Gasteiger partial charge in [-0.2, -0.15) is 0 Å². The minimum absolute atomic E-state index is 0.0608. The van der Waals surface area contributed by atoms with E-state index < -0.39 is 5.97 Å². The van der Waals surface area contributed by atoms with Gasteiger partial charge < -0.3 is 5.11 Å². The van der Waals surface area contributed by atoms with Gasteiger partial charge in [0.2, 0.25) is 0 Å². The number of hydrogen-bond acceptors (Lipinski definition) is 4. The van der Waals surface area contributed by atoms with Crippen LogP contribution in [0.5, 0.6) is 0 Å². The Hall–Kier alpha value is -1.69.